The second kappa shape index (κ2) is 7.65. The topological polar surface area (TPSA) is 38.7 Å². The Kier molecular flexibility index (Phi) is 5.85. The van der Waals surface area contributed by atoms with E-state index in [0.29, 0.717) is 6.61 Å². The first-order valence-corrected chi connectivity index (χ1v) is 7.58. The highest BCUT2D eigenvalue weighted by Gasteiger charge is 2.07. The third kappa shape index (κ3) is 4.95. The Morgan fingerprint density at radius 2 is 2.00 bits per heavy atom. The molecule has 5 heteroatoms. The van der Waals surface area contributed by atoms with E-state index in [0.717, 1.165) is 15.1 Å². The van der Waals surface area contributed by atoms with Gasteiger partial charge < -0.3 is 14.6 Å². The van der Waals surface area contributed by atoms with Crippen molar-refractivity contribution in [3.05, 3.63) is 51.1 Å². The number of aliphatic hydroxyl groups is 1. The van der Waals surface area contributed by atoms with Crippen LogP contribution >= 0.6 is 27.3 Å². The van der Waals surface area contributed by atoms with Crippen molar-refractivity contribution in [3.63, 3.8) is 0 Å². The number of ether oxygens (including phenoxy) is 2. The summed E-state index contributed by atoms with van der Waals surface area (Å²) in [4.78, 5) is 1.15. The maximum absolute atomic E-state index is 9.77. The molecule has 1 aromatic carbocycles. The molecule has 0 aliphatic carbocycles. The predicted molar refractivity (Wildman–Crippen MR) is 79.6 cm³/mol. The molecule has 0 fully saturated rings. The summed E-state index contributed by atoms with van der Waals surface area (Å²) in [6.45, 7) is 1.01. The highest BCUT2D eigenvalue weighted by Crippen LogP contribution is 2.23. The first-order chi connectivity index (χ1) is 9.25. The van der Waals surface area contributed by atoms with Crippen molar-refractivity contribution >= 4 is 27.3 Å². The Morgan fingerprint density at radius 3 is 2.74 bits per heavy atom. The molecule has 0 saturated heterocycles. The smallest absolute Gasteiger partial charge is 0.133 e. The fourth-order valence-corrected chi connectivity index (χ4v) is 2.53. The van der Waals surface area contributed by atoms with Gasteiger partial charge in [0.05, 0.1) is 17.7 Å². The second-order valence-electron chi connectivity index (χ2n) is 3.99. The van der Waals surface area contributed by atoms with Crippen LogP contribution in [0.1, 0.15) is 4.88 Å². The van der Waals surface area contributed by atoms with Crippen LogP contribution in [-0.2, 0) is 11.3 Å². The maximum Gasteiger partial charge on any atom is 0.133 e. The monoisotopic (exact) mass is 342 g/mol. The van der Waals surface area contributed by atoms with Crippen molar-refractivity contribution in [2.45, 2.75) is 12.7 Å². The van der Waals surface area contributed by atoms with Gasteiger partial charge in [-0.3, -0.25) is 0 Å². The Labute approximate surface area is 124 Å². The van der Waals surface area contributed by atoms with E-state index in [1.165, 1.54) is 0 Å². The van der Waals surface area contributed by atoms with Crippen molar-refractivity contribution in [1.82, 2.24) is 0 Å². The summed E-state index contributed by atoms with van der Waals surface area (Å²) in [5.41, 5.74) is 0. The highest BCUT2D eigenvalue weighted by molar-refractivity contribution is 9.10. The Hall–Kier alpha value is -0.880. The van der Waals surface area contributed by atoms with E-state index < -0.39 is 6.10 Å². The van der Waals surface area contributed by atoms with Gasteiger partial charge in [0.1, 0.15) is 18.5 Å². The lowest BCUT2D eigenvalue weighted by Crippen LogP contribution is -2.23. The van der Waals surface area contributed by atoms with Crippen LogP contribution in [-0.4, -0.2) is 24.4 Å². The Bertz CT molecular complexity index is 487. The minimum absolute atomic E-state index is 0.215. The highest BCUT2D eigenvalue weighted by atomic mass is 79.9. The van der Waals surface area contributed by atoms with Crippen molar-refractivity contribution in [3.8, 4) is 5.75 Å². The summed E-state index contributed by atoms with van der Waals surface area (Å²) in [6, 6.07) is 11.5. The summed E-state index contributed by atoms with van der Waals surface area (Å²) < 4.78 is 11.8. The van der Waals surface area contributed by atoms with E-state index in [1.54, 1.807) is 11.3 Å². The average Bonchev–Trinajstić information content (AvgIpc) is 2.91. The van der Waals surface area contributed by atoms with Crippen molar-refractivity contribution < 1.29 is 14.6 Å². The average molecular weight is 343 g/mol. The van der Waals surface area contributed by atoms with Gasteiger partial charge in [0, 0.05) is 4.88 Å². The minimum atomic E-state index is -0.632. The zero-order valence-electron chi connectivity index (χ0n) is 10.3. The normalized spacial score (nSPS) is 12.3. The zero-order chi connectivity index (χ0) is 13.5. The van der Waals surface area contributed by atoms with Crippen molar-refractivity contribution in [1.29, 1.82) is 0 Å². The van der Waals surface area contributed by atoms with Crippen LogP contribution in [0.2, 0.25) is 0 Å². The number of thiophene rings is 1. The molecule has 2 aromatic rings. The summed E-state index contributed by atoms with van der Waals surface area (Å²) in [6.07, 6.45) is -0.632. The van der Waals surface area contributed by atoms with E-state index in [1.807, 2.05) is 41.8 Å². The first-order valence-electron chi connectivity index (χ1n) is 5.91. The molecule has 1 N–H and O–H groups in total. The quantitative estimate of drug-likeness (QED) is 0.837. The van der Waals surface area contributed by atoms with Crippen LogP contribution < -0.4 is 4.74 Å². The summed E-state index contributed by atoms with van der Waals surface area (Å²) in [5.74, 6) is 0.722. The lowest BCUT2D eigenvalue weighted by Gasteiger charge is -2.13. The summed E-state index contributed by atoms with van der Waals surface area (Å²) in [7, 11) is 0. The Balaban J connectivity index is 1.67. The van der Waals surface area contributed by atoms with Gasteiger partial charge in [-0.15, -0.1) is 11.3 Å². The molecule has 0 aliphatic rings. The number of para-hydroxylation sites is 1. The molecule has 0 radical (unpaired) electrons. The molecule has 0 saturated carbocycles. The van der Waals surface area contributed by atoms with E-state index in [4.69, 9.17) is 9.47 Å². The third-order valence-corrected chi connectivity index (χ3v) is 3.91. The van der Waals surface area contributed by atoms with Gasteiger partial charge in [-0.1, -0.05) is 18.2 Å². The van der Waals surface area contributed by atoms with Gasteiger partial charge in [-0.2, -0.15) is 0 Å². The second-order valence-corrected chi connectivity index (χ2v) is 5.88. The lowest BCUT2D eigenvalue weighted by molar-refractivity contribution is 0.00612. The molecule has 1 aromatic heterocycles. The molecule has 1 heterocycles. The number of aliphatic hydroxyl groups excluding tert-OH is 1. The molecular weight excluding hydrogens is 328 g/mol. The predicted octanol–water partition coefficient (Wildman–Crippen LogP) is 3.47. The molecule has 19 heavy (non-hydrogen) atoms. The third-order valence-electron chi connectivity index (χ3n) is 2.40. The number of rotatable bonds is 7. The SMILES string of the molecule is OC(COCc1cccs1)COc1ccccc1Br. The molecule has 1 unspecified atom stereocenters. The molecule has 0 spiro atoms. The number of halogens is 1. The summed E-state index contributed by atoms with van der Waals surface area (Å²) in [5, 5.41) is 11.8. The molecule has 2 rings (SSSR count). The van der Waals surface area contributed by atoms with Crippen molar-refractivity contribution in [2.24, 2.45) is 0 Å². The molecule has 102 valence electrons. The van der Waals surface area contributed by atoms with E-state index in [9.17, 15) is 5.11 Å². The Morgan fingerprint density at radius 1 is 1.16 bits per heavy atom. The van der Waals surface area contributed by atoms with Gasteiger partial charge in [-0.25, -0.2) is 0 Å². The van der Waals surface area contributed by atoms with Gasteiger partial charge in [0.25, 0.3) is 0 Å². The van der Waals surface area contributed by atoms with Crippen LogP contribution in [0.4, 0.5) is 0 Å². The summed E-state index contributed by atoms with van der Waals surface area (Å²) >= 11 is 5.03. The van der Waals surface area contributed by atoms with Crippen LogP contribution in [0.3, 0.4) is 0 Å². The van der Waals surface area contributed by atoms with E-state index in [2.05, 4.69) is 15.9 Å². The maximum atomic E-state index is 9.77. The standard InChI is InChI=1S/C14H15BrO3S/c15-13-5-1-2-6-14(13)18-9-11(16)8-17-10-12-4-3-7-19-12/h1-7,11,16H,8-10H2. The van der Waals surface area contributed by atoms with Gasteiger partial charge >= 0.3 is 0 Å². The van der Waals surface area contributed by atoms with Gasteiger partial charge in [0.2, 0.25) is 0 Å². The number of benzene rings is 1. The largest absolute Gasteiger partial charge is 0.490 e. The minimum Gasteiger partial charge on any atom is -0.490 e. The van der Waals surface area contributed by atoms with Crippen LogP contribution in [0.15, 0.2) is 46.3 Å². The van der Waals surface area contributed by atoms with Gasteiger partial charge in [-0.05, 0) is 39.5 Å². The number of hydrogen-bond donors (Lipinski definition) is 1. The fourth-order valence-electron chi connectivity index (χ4n) is 1.49. The van der Waals surface area contributed by atoms with Crippen LogP contribution in [0.5, 0.6) is 5.75 Å². The van der Waals surface area contributed by atoms with E-state index >= 15 is 0 Å². The molecule has 1 atom stereocenters. The van der Waals surface area contributed by atoms with E-state index in [-0.39, 0.29) is 13.2 Å². The lowest BCUT2D eigenvalue weighted by atomic mass is 10.3. The molecular formula is C14H15BrO3S. The van der Waals surface area contributed by atoms with Gasteiger partial charge in [0.15, 0.2) is 0 Å². The first kappa shape index (κ1) is 14.5. The van der Waals surface area contributed by atoms with Crippen molar-refractivity contribution in [2.75, 3.05) is 13.2 Å². The molecule has 3 nitrogen and oxygen atoms in total. The fraction of sp³-hybridized carbons (Fsp3) is 0.286. The number of hydrogen-bond acceptors (Lipinski definition) is 4. The molecule has 0 bridgehead atoms. The zero-order valence-corrected chi connectivity index (χ0v) is 12.7. The van der Waals surface area contributed by atoms with Crippen LogP contribution in [0.25, 0.3) is 0 Å². The van der Waals surface area contributed by atoms with Crippen LogP contribution in [0, 0.1) is 0 Å². The molecule has 0 aliphatic heterocycles. The molecule has 0 amide bonds.